The fourth-order valence-electron chi connectivity index (χ4n) is 2.16. The third-order valence-electron chi connectivity index (χ3n) is 3.47. The molecule has 26 heavy (non-hydrogen) atoms. The van der Waals surface area contributed by atoms with Crippen LogP contribution in [0.5, 0.6) is 11.5 Å². The number of nitrogens with one attached hydrogen (secondary N) is 2. The first-order valence-corrected chi connectivity index (χ1v) is 8.62. The van der Waals surface area contributed by atoms with Gasteiger partial charge in [-0.3, -0.25) is 4.79 Å². The number of ether oxygens (including phenoxy) is 2. The van der Waals surface area contributed by atoms with E-state index in [-0.39, 0.29) is 5.91 Å². The Morgan fingerprint density at radius 3 is 2.50 bits per heavy atom. The van der Waals surface area contributed by atoms with Crippen molar-refractivity contribution in [2.45, 2.75) is 20.8 Å². The lowest BCUT2D eigenvalue weighted by molar-refractivity contribution is 0.0942. The number of hydrogen-bond donors (Lipinski definition) is 2. The van der Waals surface area contributed by atoms with Crippen molar-refractivity contribution in [2.24, 2.45) is 5.92 Å². The van der Waals surface area contributed by atoms with Crippen molar-refractivity contribution >= 4 is 11.9 Å². The molecule has 2 rings (SSSR count). The molecule has 0 atom stereocenters. The van der Waals surface area contributed by atoms with Crippen LogP contribution in [0, 0.1) is 12.8 Å². The van der Waals surface area contributed by atoms with E-state index in [1.165, 1.54) is 0 Å². The summed E-state index contributed by atoms with van der Waals surface area (Å²) in [5.74, 6) is 2.18. The highest BCUT2D eigenvalue weighted by atomic mass is 16.5. The van der Waals surface area contributed by atoms with Gasteiger partial charge in [-0.2, -0.15) is 0 Å². The van der Waals surface area contributed by atoms with Gasteiger partial charge < -0.3 is 20.1 Å². The maximum atomic E-state index is 12.3. The Kier molecular flexibility index (Phi) is 7.20. The van der Waals surface area contributed by atoms with Gasteiger partial charge in [-0.15, -0.1) is 0 Å². The van der Waals surface area contributed by atoms with Gasteiger partial charge in [0.1, 0.15) is 23.8 Å². The predicted molar refractivity (Wildman–Crippen MR) is 101 cm³/mol. The first kappa shape index (κ1) is 19.5. The SMILES string of the molecule is COc1ccc(OCCNC(=O)c2cc(C)nc(NCC(C)C)n2)cc1. The topological polar surface area (TPSA) is 85.4 Å². The van der Waals surface area contributed by atoms with Gasteiger partial charge in [0.25, 0.3) is 5.91 Å². The Labute approximate surface area is 154 Å². The highest BCUT2D eigenvalue weighted by Gasteiger charge is 2.10. The van der Waals surface area contributed by atoms with Crippen LogP contribution in [0.15, 0.2) is 30.3 Å². The molecule has 2 aromatic rings. The zero-order valence-electron chi connectivity index (χ0n) is 15.7. The maximum Gasteiger partial charge on any atom is 0.270 e. The summed E-state index contributed by atoms with van der Waals surface area (Å²) >= 11 is 0. The summed E-state index contributed by atoms with van der Waals surface area (Å²) in [7, 11) is 1.62. The Morgan fingerprint density at radius 2 is 1.85 bits per heavy atom. The Morgan fingerprint density at radius 1 is 1.15 bits per heavy atom. The molecule has 2 N–H and O–H groups in total. The molecule has 1 aromatic heterocycles. The van der Waals surface area contributed by atoms with E-state index in [9.17, 15) is 4.79 Å². The Balaban J connectivity index is 1.83. The average Bonchev–Trinajstić information content (AvgIpc) is 2.63. The number of aromatic nitrogens is 2. The second-order valence-corrected chi connectivity index (χ2v) is 6.27. The van der Waals surface area contributed by atoms with Gasteiger partial charge in [-0.25, -0.2) is 9.97 Å². The van der Waals surface area contributed by atoms with E-state index in [2.05, 4.69) is 34.4 Å². The highest BCUT2D eigenvalue weighted by Crippen LogP contribution is 2.16. The quantitative estimate of drug-likeness (QED) is 0.671. The van der Waals surface area contributed by atoms with Crippen molar-refractivity contribution < 1.29 is 14.3 Å². The smallest absolute Gasteiger partial charge is 0.270 e. The Hall–Kier alpha value is -2.83. The summed E-state index contributed by atoms with van der Waals surface area (Å²) in [6.45, 7) is 7.52. The molecular weight excluding hydrogens is 332 g/mol. The minimum Gasteiger partial charge on any atom is -0.497 e. The normalized spacial score (nSPS) is 10.5. The summed E-state index contributed by atoms with van der Waals surface area (Å²) in [5, 5.41) is 5.95. The van der Waals surface area contributed by atoms with Crippen LogP contribution in [0.1, 0.15) is 30.0 Å². The lowest BCUT2D eigenvalue weighted by Gasteiger charge is -2.11. The zero-order valence-corrected chi connectivity index (χ0v) is 15.7. The summed E-state index contributed by atoms with van der Waals surface area (Å²) in [4.78, 5) is 20.9. The van der Waals surface area contributed by atoms with Crippen molar-refractivity contribution in [3.63, 3.8) is 0 Å². The summed E-state index contributed by atoms with van der Waals surface area (Å²) in [6, 6.07) is 8.95. The van der Waals surface area contributed by atoms with E-state index < -0.39 is 0 Å². The fraction of sp³-hybridized carbons (Fsp3) is 0.421. The van der Waals surface area contributed by atoms with Gasteiger partial charge in [-0.1, -0.05) is 13.8 Å². The molecule has 0 spiro atoms. The third-order valence-corrected chi connectivity index (χ3v) is 3.47. The van der Waals surface area contributed by atoms with E-state index in [0.29, 0.717) is 30.7 Å². The molecular formula is C19H26N4O3. The van der Waals surface area contributed by atoms with E-state index in [4.69, 9.17) is 9.47 Å². The van der Waals surface area contributed by atoms with Crippen molar-refractivity contribution in [1.29, 1.82) is 0 Å². The number of carbonyl (C=O) groups excluding carboxylic acids is 1. The van der Waals surface area contributed by atoms with E-state index in [1.807, 2.05) is 31.2 Å². The van der Waals surface area contributed by atoms with Crippen LogP contribution >= 0.6 is 0 Å². The number of rotatable bonds is 9. The molecule has 7 nitrogen and oxygen atoms in total. The first-order chi connectivity index (χ1) is 12.5. The standard InChI is InChI=1S/C19H26N4O3/c1-13(2)12-21-19-22-14(3)11-17(23-19)18(24)20-9-10-26-16-7-5-15(25-4)6-8-16/h5-8,11,13H,9-10,12H2,1-4H3,(H,20,24)(H,21,22,23). The van der Waals surface area contributed by atoms with E-state index in [1.54, 1.807) is 13.2 Å². The van der Waals surface area contributed by atoms with Crippen LogP contribution < -0.4 is 20.1 Å². The number of benzene rings is 1. The average molecular weight is 358 g/mol. The fourth-order valence-corrected chi connectivity index (χ4v) is 2.16. The number of carbonyl (C=O) groups is 1. The van der Waals surface area contributed by atoms with Crippen LogP contribution in [-0.2, 0) is 0 Å². The lowest BCUT2D eigenvalue weighted by atomic mass is 10.2. The monoisotopic (exact) mass is 358 g/mol. The van der Waals surface area contributed by atoms with Gasteiger partial charge >= 0.3 is 0 Å². The second-order valence-electron chi connectivity index (χ2n) is 6.27. The molecule has 0 aliphatic rings. The van der Waals surface area contributed by atoms with Crippen LogP contribution in [0.2, 0.25) is 0 Å². The molecule has 0 radical (unpaired) electrons. The minimum absolute atomic E-state index is 0.249. The molecule has 0 saturated heterocycles. The molecule has 140 valence electrons. The molecule has 0 unspecified atom stereocenters. The summed E-state index contributed by atoms with van der Waals surface area (Å²) in [6.07, 6.45) is 0. The number of hydrogen-bond acceptors (Lipinski definition) is 6. The maximum absolute atomic E-state index is 12.3. The van der Waals surface area contributed by atoms with Crippen molar-refractivity contribution in [1.82, 2.24) is 15.3 Å². The molecule has 0 bridgehead atoms. The van der Waals surface area contributed by atoms with Crippen molar-refractivity contribution in [2.75, 3.05) is 32.1 Å². The van der Waals surface area contributed by atoms with Crippen LogP contribution in [0.25, 0.3) is 0 Å². The molecule has 0 saturated carbocycles. The summed E-state index contributed by atoms with van der Waals surface area (Å²) < 4.78 is 10.7. The third kappa shape index (κ3) is 6.23. The molecule has 0 aliphatic heterocycles. The zero-order chi connectivity index (χ0) is 18.9. The van der Waals surface area contributed by atoms with Gasteiger partial charge in [0, 0.05) is 12.2 Å². The Bertz CT molecular complexity index is 717. The molecule has 1 heterocycles. The number of anilines is 1. The largest absolute Gasteiger partial charge is 0.497 e. The van der Waals surface area contributed by atoms with Gasteiger partial charge in [0.15, 0.2) is 0 Å². The second kappa shape index (κ2) is 9.60. The van der Waals surface area contributed by atoms with Crippen molar-refractivity contribution in [3.8, 4) is 11.5 Å². The van der Waals surface area contributed by atoms with E-state index >= 15 is 0 Å². The van der Waals surface area contributed by atoms with E-state index in [0.717, 1.165) is 23.7 Å². The van der Waals surface area contributed by atoms with Crippen LogP contribution in [-0.4, -0.2) is 42.7 Å². The van der Waals surface area contributed by atoms with Crippen LogP contribution in [0.4, 0.5) is 5.95 Å². The van der Waals surface area contributed by atoms with Crippen molar-refractivity contribution in [3.05, 3.63) is 41.7 Å². The molecule has 0 fully saturated rings. The lowest BCUT2D eigenvalue weighted by Crippen LogP contribution is -2.29. The number of nitrogens with zero attached hydrogens (tertiary/aromatic N) is 2. The minimum atomic E-state index is -0.249. The number of amides is 1. The van der Waals surface area contributed by atoms with Gasteiger partial charge in [0.2, 0.25) is 5.95 Å². The van der Waals surface area contributed by atoms with Crippen LogP contribution in [0.3, 0.4) is 0 Å². The molecule has 1 amide bonds. The summed E-state index contributed by atoms with van der Waals surface area (Å²) in [5.41, 5.74) is 1.08. The van der Waals surface area contributed by atoms with Gasteiger partial charge in [0.05, 0.1) is 13.7 Å². The molecule has 7 heteroatoms. The number of aryl methyl sites for hydroxylation is 1. The highest BCUT2D eigenvalue weighted by molar-refractivity contribution is 5.92. The first-order valence-electron chi connectivity index (χ1n) is 8.62. The predicted octanol–water partition coefficient (Wildman–Crippen LogP) is 2.67. The molecule has 0 aliphatic carbocycles. The number of methoxy groups -OCH3 is 1. The molecule has 1 aromatic carbocycles. The van der Waals surface area contributed by atoms with Gasteiger partial charge in [-0.05, 0) is 43.2 Å².